The van der Waals surface area contributed by atoms with Crippen molar-refractivity contribution in [2.45, 2.75) is 0 Å². The molecule has 0 aromatic heterocycles. The van der Waals surface area contributed by atoms with Crippen molar-refractivity contribution in [1.29, 1.82) is 0 Å². The standard InChI is InChI=1S/C9H9NS/c1-3-11-10(2)9-7-5-4-6-8-9/h1,4-8H,2H3. The SMILES string of the molecule is C#CSN(C)c1ccccc1. The number of hydrogen-bond acceptors (Lipinski definition) is 2. The van der Waals surface area contributed by atoms with Gasteiger partial charge < -0.3 is 4.31 Å². The van der Waals surface area contributed by atoms with Gasteiger partial charge in [0.1, 0.15) is 0 Å². The van der Waals surface area contributed by atoms with Gasteiger partial charge >= 0.3 is 0 Å². The molecule has 0 amide bonds. The molecule has 56 valence electrons. The predicted octanol–water partition coefficient (Wildman–Crippen LogP) is 2.36. The molecule has 0 spiro atoms. The van der Waals surface area contributed by atoms with Crippen molar-refractivity contribution in [2.24, 2.45) is 0 Å². The number of terminal acetylenes is 1. The Hall–Kier alpha value is -1.07. The summed E-state index contributed by atoms with van der Waals surface area (Å²) in [6.45, 7) is 0. The number of hydrogen-bond donors (Lipinski definition) is 0. The average molecular weight is 163 g/mol. The molecule has 1 rings (SSSR count). The van der Waals surface area contributed by atoms with Crippen LogP contribution in [0, 0.1) is 11.7 Å². The fourth-order valence-electron chi connectivity index (χ4n) is 0.770. The lowest BCUT2D eigenvalue weighted by atomic mass is 10.3. The van der Waals surface area contributed by atoms with Gasteiger partial charge in [-0.15, -0.1) is 6.42 Å². The third-order valence-electron chi connectivity index (χ3n) is 1.31. The van der Waals surface area contributed by atoms with Crippen LogP contribution in [0.3, 0.4) is 0 Å². The van der Waals surface area contributed by atoms with E-state index >= 15 is 0 Å². The van der Waals surface area contributed by atoms with E-state index in [4.69, 9.17) is 6.42 Å². The smallest absolute Gasteiger partial charge is 0.0475 e. The van der Waals surface area contributed by atoms with Gasteiger partial charge in [0, 0.05) is 24.7 Å². The summed E-state index contributed by atoms with van der Waals surface area (Å²) in [4.78, 5) is 0. The van der Waals surface area contributed by atoms with Gasteiger partial charge in [-0.25, -0.2) is 0 Å². The van der Waals surface area contributed by atoms with Crippen molar-refractivity contribution >= 4 is 17.6 Å². The summed E-state index contributed by atoms with van der Waals surface area (Å²) in [5, 5.41) is 2.51. The van der Waals surface area contributed by atoms with Gasteiger partial charge in [-0.3, -0.25) is 0 Å². The third kappa shape index (κ3) is 2.21. The lowest BCUT2D eigenvalue weighted by Crippen LogP contribution is -2.03. The predicted molar refractivity (Wildman–Crippen MR) is 51.3 cm³/mol. The molecule has 1 aromatic carbocycles. The molecule has 0 heterocycles. The molecule has 0 aliphatic carbocycles. The van der Waals surface area contributed by atoms with Crippen LogP contribution < -0.4 is 4.31 Å². The monoisotopic (exact) mass is 163 g/mol. The minimum Gasteiger partial charge on any atom is -0.309 e. The number of para-hydroxylation sites is 1. The topological polar surface area (TPSA) is 3.24 Å². The Morgan fingerprint density at radius 3 is 2.55 bits per heavy atom. The molecule has 0 saturated carbocycles. The summed E-state index contributed by atoms with van der Waals surface area (Å²) in [6.07, 6.45) is 5.14. The van der Waals surface area contributed by atoms with E-state index in [0.717, 1.165) is 5.69 Å². The molecule has 0 aliphatic heterocycles. The van der Waals surface area contributed by atoms with Gasteiger partial charge in [-0.2, -0.15) is 0 Å². The normalized spacial score (nSPS) is 8.73. The van der Waals surface area contributed by atoms with Crippen LogP contribution in [0.1, 0.15) is 0 Å². The van der Waals surface area contributed by atoms with Crippen LogP contribution >= 0.6 is 11.9 Å². The molecule has 0 N–H and O–H groups in total. The van der Waals surface area contributed by atoms with Crippen molar-refractivity contribution in [3.63, 3.8) is 0 Å². The van der Waals surface area contributed by atoms with Crippen LogP contribution in [0.25, 0.3) is 0 Å². The highest BCUT2D eigenvalue weighted by Gasteiger charge is 1.95. The van der Waals surface area contributed by atoms with Gasteiger partial charge in [-0.05, 0) is 17.4 Å². The first kappa shape index (κ1) is 8.03. The molecular formula is C9H9NS. The fraction of sp³-hybridized carbons (Fsp3) is 0.111. The summed E-state index contributed by atoms with van der Waals surface area (Å²) in [7, 11) is 1.94. The van der Waals surface area contributed by atoms with Crippen LogP contribution in [-0.2, 0) is 0 Å². The van der Waals surface area contributed by atoms with E-state index in [2.05, 4.69) is 5.25 Å². The van der Waals surface area contributed by atoms with Gasteiger partial charge in [-0.1, -0.05) is 18.2 Å². The van der Waals surface area contributed by atoms with Gasteiger partial charge in [0.15, 0.2) is 0 Å². The largest absolute Gasteiger partial charge is 0.309 e. The lowest BCUT2D eigenvalue weighted by Gasteiger charge is -2.12. The minimum absolute atomic E-state index is 1.12. The Bertz CT molecular complexity index is 250. The molecule has 1 nitrogen and oxygen atoms in total. The van der Waals surface area contributed by atoms with Crippen LogP contribution in [0.2, 0.25) is 0 Å². The van der Waals surface area contributed by atoms with Crippen LogP contribution in [0.15, 0.2) is 30.3 Å². The van der Waals surface area contributed by atoms with Crippen molar-refractivity contribution < 1.29 is 0 Å². The van der Waals surface area contributed by atoms with Crippen molar-refractivity contribution in [2.75, 3.05) is 11.4 Å². The second-order valence-electron chi connectivity index (χ2n) is 2.04. The first-order valence-corrected chi connectivity index (χ1v) is 4.03. The van der Waals surface area contributed by atoms with E-state index in [1.807, 2.05) is 41.7 Å². The molecule has 0 radical (unpaired) electrons. The molecule has 0 fully saturated rings. The van der Waals surface area contributed by atoms with Crippen LogP contribution in [-0.4, -0.2) is 7.05 Å². The second kappa shape index (κ2) is 3.95. The number of nitrogens with zero attached hydrogens (tertiary/aromatic N) is 1. The van der Waals surface area contributed by atoms with E-state index < -0.39 is 0 Å². The molecule has 0 bridgehead atoms. The Kier molecular flexibility index (Phi) is 2.88. The summed E-state index contributed by atoms with van der Waals surface area (Å²) >= 11 is 1.35. The van der Waals surface area contributed by atoms with E-state index in [1.54, 1.807) is 0 Å². The lowest BCUT2D eigenvalue weighted by molar-refractivity contribution is 1.37. The average Bonchev–Trinajstić information content (AvgIpc) is 2.07. The van der Waals surface area contributed by atoms with Crippen molar-refractivity contribution in [1.82, 2.24) is 0 Å². The quantitative estimate of drug-likeness (QED) is 0.486. The Morgan fingerprint density at radius 1 is 1.36 bits per heavy atom. The maximum Gasteiger partial charge on any atom is 0.0475 e. The molecule has 0 saturated heterocycles. The third-order valence-corrected chi connectivity index (χ3v) is 1.90. The first-order valence-electron chi connectivity index (χ1n) is 3.26. The molecular weight excluding hydrogens is 154 g/mol. The zero-order chi connectivity index (χ0) is 8.10. The zero-order valence-corrected chi connectivity index (χ0v) is 7.14. The molecule has 0 atom stereocenters. The summed E-state index contributed by atoms with van der Waals surface area (Å²) in [5.74, 6) is 0. The Labute approximate surface area is 71.5 Å². The number of rotatable bonds is 2. The first-order chi connectivity index (χ1) is 5.34. The van der Waals surface area contributed by atoms with E-state index in [9.17, 15) is 0 Å². The van der Waals surface area contributed by atoms with E-state index in [1.165, 1.54) is 11.9 Å². The zero-order valence-electron chi connectivity index (χ0n) is 6.32. The van der Waals surface area contributed by atoms with Gasteiger partial charge in [0.2, 0.25) is 0 Å². The molecule has 0 unspecified atom stereocenters. The summed E-state index contributed by atoms with van der Waals surface area (Å²) in [6, 6.07) is 10.00. The van der Waals surface area contributed by atoms with Crippen LogP contribution in [0.4, 0.5) is 5.69 Å². The van der Waals surface area contributed by atoms with E-state index in [-0.39, 0.29) is 0 Å². The number of benzene rings is 1. The Balaban J connectivity index is 2.70. The van der Waals surface area contributed by atoms with Crippen molar-refractivity contribution in [3.8, 4) is 11.7 Å². The minimum atomic E-state index is 1.12. The number of anilines is 1. The molecule has 1 aromatic rings. The highest BCUT2D eigenvalue weighted by atomic mass is 32.2. The molecule has 0 aliphatic rings. The molecule has 2 heteroatoms. The summed E-state index contributed by atoms with van der Waals surface area (Å²) < 4.78 is 1.94. The highest BCUT2D eigenvalue weighted by Crippen LogP contribution is 2.17. The van der Waals surface area contributed by atoms with Crippen LogP contribution in [0.5, 0.6) is 0 Å². The maximum absolute atomic E-state index is 5.14. The molecule has 11 heavy (non-hydrogen) atoms. The van der Waals surface area contributed by atoms with Gasteiger partial charge in [0.25, 0.3) is 0 Å². The highest BCUT2D eigenvalue weighted by molar-refractivity contribution is 8.05. The second-order valence-corrected chi connectivity index (χ2v) is 3.01. The summed E-state index contributed by atoms with van der Waals surface area (Å²) in [5.41, 5.74) is 1.12. The van der Waals surface area contributed by atoms with Gasteiger partial charge in [0.05, 0.1) is 0 Å². The Morgan fingerprint density at radius 2 is 2.00 bits per heavy atom. The van der Waals surface area contributed by atoms with Crippen molar-refractivity contribution in [3.05, 3.63) is 30.3 Å². The fourth-order valence-corrected chi connectivity index (χ4v) is 1.15. The van der Waals surface area contributed by atoms with E-state index in [0.29, 0.717) is 0 Å². The maximum atomic E-state index is 5.14.